The van der Waals surface area contributed by atoms with Crippen molar-refractivity contribution in [3.05, 3.63) is 28.8 Å². The zero-order valence-corrected chi connectivity index (χ0v) is 31.3. The van der Waals surface area contributed by atoms with Gasteiger partial charge in [0.1, 0.15) is 12.4 Å². The molecule has 266 valence electrons. The highest BCUT2D eigenvalue weighted by molar-refractivity contribution is 7.99. The molecule has 1 aromatic rings. The summed E-state index contributed by atoms with van der Waals surface area (Å²) in [4.78, 5) is 23.8. The number of carbonyl (C=O) groups excluding carboxylic acids is 1. The van der Waals surface area contributed by atoms with E-state index in [0.717, 1.165) is 61.2 Å². The Morgan fingerprint density at radius 3 is 1.85 bits per heavy atom. The number of ether oxygens (including phenoxy) is 1. The maximum Gasteiger partial charge on any atom is 0.306 e. The fourth-order valence-electron chi connectivity index (χ4n) is 6.11. The van der Waals surface area contributed by atoms with Gasteiger partial charge in [0, 0.05) is 12.2 Å². The van der Waals surface area contributed by atoms with Crippen LogP contribution in [-0.2, 0) is 26.2 Å². The van der Waals surface area contributed by atoms with Crippen LogP contribution in [0.25, 0.3) is 0 Å². The normalized spacial score (nSPS) is 12.4. The first-order valence-electron chi connectivity index (χ1n) is 18.8. The molecule has 0 saturated carbocycles. The summed E-state index contributed by atoms with van der Waals surface area (Å²) in [5, 5.41) is 20.1. The summed E-state index contributed by atoms with van der Waals surface area (Å²) in [7, 11) is 0. The summed E-state index contributed by atoms with van der Waals surface area (Å²) in [6, 6.07) is 4.19. The van der Waals surface area contributed by atoms with E-state index in [4.69, 9.17) is 4.74 Å². The summed E-state index contributed by atoms with van der Waals surface area (Å²) in [6.07, 6.45) is 25.4. The van der Waals surface area contributed by atoms with E-state index >= 15 is 0 Å². The Morgan fingerprint density at radius 2 is 1.30 bits per heavy atom. The van der Waals surface area contributed by atoms with Crippen LogP contribution < -0.4 is 0 Å². The number of carboxylic acids is 1. The first-order valence-corrected chi connectivity index (χ1v) is 20.0. The summed E-state index contributed by atoms with van der Waals surface area (Å²) in [5.41, 5.74) is 3.04. The van der Waals surface area contributed by atoms with Crippen molar-refractivity contribution in [1.29, 1.82) is 0 Å². The molecule has 0 bridgehead atoms. The van der Waals surface area contributed by atoms with Crippen LogP contribution in [0, 0.1) is 12.8 Å². The maximum absolute atomic E-state index is 12.0. The quantitative estimate of drug-likeness (QED) is 0.0656. The van der Waals surface area contributed by atoms with E-state index in [1.807, 2.05) is 6.92 Å². The van der Waals surface area contributed by atoms with Crippen LogP contribution in [0.15, 0.2) is 12.1 Å². The number of rotatable bonds is 29. The van der Waals surface area contributed by atoms with Gasteiger partial charge in [0.05, 0.1) is 5.92 Å². The number of benzene rings is 1. The number of carbonyl (C=O) groups is 2. The van der Waals surface area contributed by atoms with Crippen molar-refractivity contribution in [2.24, 2.45) is 5.92 Å². The molecule has 0 heterocycles. The van der Waals surface area contributed by atoms with Crippen molar-refractivity contribution in [1.82, 2.24) is 0 Å². The number of phenolic OH excluding ortho intramolecular Hbond substituents is 1. The van der Waals surface area contributed by atoms with Crippen molar-refractivity contribution >= 4 is 23.7 Å². The second kappa shape index (κ2) is 26.3. The number of aromatic hydroxyl groups is 1. The van der Waals surface area contributed by atoms with E-state index < -0.39 is 5.97 Å². The second-order valence-corrected chi connectivity index (χ2v) is 15.7. The highest BCUT2D eigenvalue weighted by atomic mass is 32.2. The molecule has 5 nitrogen and oxygen atoms in total. The minimum Gasteiger partial charge on any atom is -0.507 e. The van der Waals surface area contributed by atoms with Crippen molar-refractivity contribution < 1.29 is 24.5 Å². The number of phenols is 1. The van der Waals surface area contributed by atoms with Crippen LogP contribution in [0.5, 0.6) is 5.75 Å². The average Bonchev–Trinajstić information content (AvgIpc) is 3.00. The van der Waals surface area contributed by atoms with Gasteiger partial charge in [-0.15, -0.1) is 0 Å². The molecule has 1 atom stereocenters. The topological polar surface area (TPSA) is 83.8 Å². The number of unbranched alkanes of at least 4 members (excludes halogenated alkanes) is 16. The van der Waals surface area contributed by atoms with Crippen LogP contribution in [0.1, 0.15) is 179 Å². The Bertz CT molecular complexity index is 938. The molecule has 0 aliphatic rings. The molecule has 2 N–H and O–H groups in total. The monoisotopic (exact) mass is 662 g/mol. The van der Waals surface area contributed by atoms with Crippen molar-refractivity contribution in [2.75, 3.05) is 18.1 Å². The number of thioether (sulfide) groups is 1. The second-order valence-electron chi connectivity index (χ2n) is 14.5. The van der Waals surface area contributed by atoms with Gasteiger partial charge in [-0.25, -0.2) is 0 Å². The summed E-state index contributed by atoms with van der Waals surface area (Å²) < 4.78 is 5.39. The number of hydrogen-bond acceptors (Lipinski definition) is 5. The average molecular weight is 663 g/mol. The minimum atomic E-state index is -0.709. The fraction of sp³-hybridized carbons (Fsp3) is 0.800. The van der Waals surface area contributed by atoms with Crippen molar-refractivity contribution in [3.63, 3.8) is 0 Å². The predicted octanol–water partition coefficient (Wildman–Crippen LogP) is 11.7. The van der Waals surface area contributed by atoms with Crippen LogP contribution in [0.3, 0.4) is 0 Å². The smallest absolute Gasteiger partial charge is 0.306 e. The molecule has 0 fully saturated rings. The van der Waals surface area contributed by atoms with Crippen LogP contribution >= 0.6 is 11.8 Å². The van der Waals surface area contributed by atoms with Crippen LogP contribution in [0.4, 0.5) is 0 Å². The third-order valence-electron chi connectivity index (χ3n) is 9.12. The summed E-state index contributed by atoms with van der Waals surface area (Å²) in [5.74, 6) is 0.765. The van der Waals surface area contributed by atoms with Crippen LogP contribution in [-0.4, -0.2) is 40.3 Å². The first kappa shape index (κ1) is 42.3. The molecule has 6 heteroatoms. The molecule has 0 aromatic heterocycles. The highest BCUT2D eigenvalue weighted by Crippen LogP contribution is 2.34. The lowest BCUT2D eigenvalue weighted by Gasteiger charge is -2.22. The van der Waals surface area contributed by atoms with E-state index in [1.54, 1.807) is 11.8 Å². The van der Waals surface area contributed by atoms with Gasteiger partial charge in [0.15, 0.2) is 0 Å². The zero-order chi connectivity index (χ0) is 34.0. The largest absolute Gasteiger partial charge is 0.507 e. The molecular weight excluding hydrogens is 593 g/mol. The lowest BCUT2D eigenvalue weighted by molar-refractivity contribution is -0.143. The molecule has 1 rings (SSSR count). The number of aliphatic carboxylic acids is 1. The third-order valence-corrected chi connectivity index (χ3v) is 10.1. The van der Waals surface area contributed by atoms with E-state index in [9.17, 15) is 19.8 Å². The maximum atomic E-state index is 12.0. The van der Waals surface area contributed by atoms with E-state index in [0.29, 0.717) is 31.6 Å². The van der Waals surface area contributed by atoms with Gasteiger partial charge < -0.3 is 14.9 Å². The first-order chi connectivity index (χ1) is 22.1. The molecule has 0 amide bonds. The predicted molar refractivity (Wildman–Crippen MR) is 197 cm³/mol. The SMILES string of the molecule is CCCCCCCCCCCCCCCCCC(=O)OCCSCCC(CCCCCc1cc(C)c(O)c(C(C)(C)C)c1)C(=O)O. The summed E-state index contributed by atoms with van der Waals surface area (Å²) in [6.45, 7) is 11.0. The standard InChI is InChI=1S/C40H70O5S/c1-6-7-8-9-10-11-12-13-14-15-16-17-18-19-23-26-37(41)45-28-30-46-29-27-35(39(43)44)25-22-20-21-24-34-31-33(2)38(42)36(32-34)40(3,4)5/h31-32,35,42H,6-30H2,1-5H3,(H,43,44). The number of hydrogen-bond donors (Lipinski definition) is 2. The molecule has 1 aromatic carbocycles. The zero-order valence-electron chi connectivity index (χ0n) is 30.4. The van der Waals surface area contributed by atoms with Gasteiger partial charge in [-0.2, -0.15) is 11.8 Å². The molecule has 0 aliphatic heterocycles. The summed E-state index contributed by atoms with van der Waals surface area (Å²) >= 11 is 1.68. The molecule has 0 aliphatic carbocycles. The minimum absolute atomic E-state index is 0.101. The Kier molecular flexibility index (Phi) is 24.2. The van der Waals surface area contributed by atoms with Gasteiger partial charge >= 0.3 is 11.9 Å². The van der Waals surface area contributed by atoms with E-state index in [-0.39, 0.29) is 17.3 Å². The van der Waals surface area contributed by atoms with Gasteiger partial charge in [-0.1, -0.05) is 143 Å². The highest BCUT2D eigenvalue weighted by Gasteiger charge is 2.20. The Balaban J connectivity index is 2.01. The lowest BCUT2D eigenvalue weighted by Crippen LogP contribution is -2.15. The fourth-order valence-corrected chi connectivity index (χ4v) is 6.97. The van der Waals surface area contributed by atoms with Gasteiger partial charge in [0.25, 0.3) is 0 Å². The number of carboxylic acid groups (broad SMARTS) is 1. The molecular formula is C40H70O5S. The van der Waals surface area contributed by atoms with E-state index in [2.05, 4.69) is 39.8 Å². The molecule has 0 radical (unpaired) electrons. The van der Waals surface area contributed by atoms with Gasteiger partial charge in [-0.05, 0) is 66.9 Å². The molecule has 46 heavy (non-hydrogen) atoms. The lowest BCUT2D eigenvalue weighted by atomic mass is 9.83. The van der Waals surface area contributed by atoms with Gasteiger partial charge in [0.2, 0.25) is 0 Å². The number of esters is 1. The molecule has 1 unspecified atom stereocenters. The van der Waals surface area contributed by atoms with Crippen molar-refractivity contribution in [2.45, 2.75) is 181 Å². The van der Waals surface area contributed by atoms with Gasteiger partial charge in [-0.3, -0.25) is 9.59 Å². The van der Waals surface area contributed by atoms with Crippen LogP contribution in [0.2, 0.25) is 0 Å². The Hall–Kier alpha value is -1.69. The Labute approximate surface area is 287 Å². The van der Waals surface area contributed by atoms with E-state index in [1.165, 1.54) is 89.0 Å². The third kappa shape index (κ3) is 21.2. The Morgan fingerprint density at radius 1 is 0.761 bits per heavy atom. The number of aryl methyl sites for hydroxylation is 2. The molecule has 0 saturated heterocycles. The molecule has 0 spiro atoms. The van der Waals surface area contributed by atoms with Crippen molar-refractivity contribution in [3.8, 4) is 5.75 Å².